The van der Waals surface area contributed by atoms with Gasteiger partial charge in [0.15, 0.2) is 5.17 Å². The standard InChI is InChI=1S/C17H19N3O3S/c21-15(22)11-14-16(23)20(13-9-5-2-6-10-13)17(24-14)19-18-12-7-3-1-4-8-12/h2,5-6,9-10,14H,1,3-4,7-8,11H2,(H,21,22)/b19-17-/t14-/m0/s1. The van der Waals surface area contributed by atoms with E-state index in [1.807, 2.05) is 30.3 Å². The number of para-hydroxylation sites is 1. The van der Waals surface area contributed by atoms with Gasteiger partial charge in [0.25, 0.3) is 0 Å². The van der Waals surface area contributed by atoms with Gasteiger partial charge in [-0.05, 0) is 37.8 Å². The summed E-state index contributed by atoms with van der Waals surface area (Å²) in [6, 6.07) is 9.16. The van der Waals surface area contributed by atoms with Crippen molar-refractivity contribution in [2.75, 3.05) is 4.90 Å². The van der Waals surface area contributed by atoms with Crippen LogP contribution in [0.3, 0.4) is 0 Å². The Balaban J connectivity index is 1.88. The third kappa shape index (κ3) is 3.84. The summed E-state index contributed by atoms with van der Waals surface area (Å²) in [7, 11) is 0. The number of carboxylic acids is 1. The summed E-state index contributed by atoms with van der Waals surface area (Å²) in [6.07, 6.45) is 5.14. The van der Waals surface area contributed by atoms with Crippen LogP contribution in [0.5, 0.6) is 0 Å². The van der Waals surface area contributed by atoms with E-state index in [2.05, 4.69) is 10.2 Å². The van der Waals surface area contributed by atoms with Crippen LogP contribution in [0.4, 0.5) is 5.69 Å². The van der Waals surface area contributed by atoms with Gasteiger partial charge in [0, 0.05) is 5.71 Å². The van der Waals surface area contributed by atoms with Crippen molar-refractivity contribution in [3.8, 4) is 0 Å². The molecule has 6 nitrogen and oxygen atoms in total. The molecule has 0 aromatic heterocycles. The van der Waals surface area contributed by atoms with Crippen molar-refractivity contribution in [2.24, 2.45) is 10.2 Å². The van der Waals surface area contributed by atoms with Crippen LogP contribution in [0, 0.1) is 0 Å². The normalized spacial score (nSPS) is 22.9. The Morgan fingerprint density at radius 1 is 1.17 bits per heavy atom. The Hall–Kier alpha value is -2.15. The van der Waals surface area contributed by atoms with Crippen LogP contribution in [0.15, 0.2) is 40.5 Å². The predicted octanol–water partition coefficient (Wildman–Crippen LogP) is 3.29. The van der Waals surface area contributed by atoms with E-state index in [1.165, 1.54) is 23.1 Å². The van der Waals surface area contributed by atoms with Crippen LogP contribution >= 0.6 is 11.8 Å². The number of carboxylic acid groups (broad SMARTS) is 1. The zero-order chi connectivity index (χ0) is 16.9. The number of carbonyl (C=O) groups is 2. The quantitative estimate of drug-likeness (QED) is 0.849. The molecular formula is C17H19N3O3S. The van der Waals surface area contributed by atoms with E-state index in [0.717, 1.165) is 31.4 Å². The fourth-order valence-electron chi connectivity index (χ4n) is 2.81. The van der Waals surface area contributed by atoms with Crippen molar-refractivity contribution < 1.29 is 14.7 Å². The smallest absolute Gasteiger partial charge is 0.305 e. The maximum absolute atomic E-state index is 12.6. The molecule has 3 rings (SSSR count). The number of hydrogen-bond donors (Lipinski definition) is 1. The fourth-order valence-corrected chi connectivity index (χ4v) is 3.89. The first-order valence-corrected chi connectivity index (χ1v) is 8.94. The first-order valence-electron chi connectivity index (χ1n) is 8.06. The Bertz CT molecular complexity index is 680. The SMILES string of the molecule is O=C(O)C[C@@H]1S/C(=N\N=C2CCCCC2)N(c2ccccc2)C1=O. The third-order valence-corrected chi connectivity index (χ3v) is 5.14. The number of thioether (sulfide) groups is 1. The van der Waals surface area contributed by atoms with Gasteiger partial charge in [-0.25, -0.2) is 0 Å². The van der Waals surface area contributed by atoms with Gasteiger partial charge in [0.05, 0.1) is 12.1 Å². The van der Waals surface area contributed by atoms with Gasteiger partial charge in [-0.3, -0.25) is 14.5 Å². The van der Waals surface area contributed by atoms with Crippen LogP contribution < -0.4 is 4.90 Å². The van der Waals surface area contributed by atoms with Crippen molar-refractivity contribution in [2.45, 2.75) is 43.8 Å². The molecule has 1 atom stereocenters. The van der Waals surface area contributed by atoms with Gasteiger partial charge in [0.1, 0.15) is 5.25 Å². The van der Waals surface area contributed by atoms with Gasteiger partial charge in [-0.15, -0.1) is 5.10 Å². The molecule has 0 bridgehead atoms. The highest BCUT2D eigenvalue weighted by molar-refractivity contribution is 8.16. The summed E-state index contributed by atoms with van der Waals surface area (Å²) in [5.74, 6) is -1.25. The number of hydrogen-bond acceptors (Lipinski definition) is 5. The summed E-state index contributed by atoms with van der Waals surface area (Å²) < 4.78 is 0. The molecule has 2 aliphatic rings. The highest BCUT2D eigenvalue weighted by atomic mass is 32.2. The van der Waals surface area contributed by atoms with Crippen LogP contribution in [0.1, 0.15) is 38.5 Å². The zero-order valence-electron chi connectivity index (χ0n) is 13.2. The summed E-state index contributed by atoms with van der Waals surface area (Å²) >= 11 is 1.18. The molecular weight excluding hydrogens is 326 g/mol. The molecule has 126 valence electrons. The largest absolute Gasteiger partial charge is 0.481 e. The number of amidine groups is 1. The molecule has 1 aromatic carbocycles. The molecule has 24 heavy (non-hydrogen) atoms. The molecule has 1 heterocycles. The van der Waals surface area contributed by atoms with Gasteiger partial charge in [-0.1, -0.05) is 36.4 Å². The Kier molecular flexibility index (Phi) is 5.30. The van der Waals surface area contributed by atoms with Crippen molar-refractivity contribution >= 4 is 40.2 Å². The van der Waals surface area contributed by atoms with Crippen LogP contribution in [0.25, 0.3) is 0 Å². The lowest BCUT2D eigenvalue weighted by molar-refractivity contribution is -0.138. The summed E-state index contributed by atoms with van der Waals surface area (Å²) in [4.78, 5) is 25.1. The van der Waals surface area contributed by atoms with E-state index < -0.39 is 11.2 Å². The molecule has 0 radical (unpaired) electrons. The van der Waals surface area contributed by atoms with Gasteiger partial charge in [-0.2, -0.15) is 5.10 Å². The van der Waals surface area contributed by atoms with E-state index in [9.17, 15) is 9.59 Å². The highest BCUT2D eigenvalue weighted by Gasteiger charge is 2.40. The summed E-state index contributed by atoms with van der Waals surface area (Å²) in [5, 5.41) is 17.4. The van der Waals surface area contributed by atoms with Crippen LogP contribution in [-0.2, 0) is 9.59 Å². The van der Waals surface area contributed by atoms with E-state index in [1.54, 1.807) is 0 Å². The third-order valence-electron chi connectivity index (χ3n) is 4.02. The Labute approximate surface area is 144 Å². The van der Waals surface area contributed by atoms with E-state index in [4.69, 9.17) is 5.11 Å². The lowest BCUT2D eigenvalue weighted by atomic mass is 9.99. The Morgan fingerprint density at radius 2 is 1.88 bits per heavy atom. The number of nitrogens with zero attached hydrogens (tertiary/aromatic N) is 3. The number of aliphatic carboxylic acids is 1. The minimum Gasteiger partial charge on any atom is -0.481 e. The molecule has 1 N–H and O–H groups in total. The molecule has 0 spiro atoms. The lowest BCUT2D eigenvalue weighted by Gasteiger charge is -2.16. The van der Waals surface area contributed by atoms with Gasteiger partial charge >= 0.3 is 5.97 Å². The van der Waals surface area contributed by atoms with Crippen molar-refractivity contribution in [1.29, 1.82) is 0 Å². The van der Waals surface area contributed by atoms with Crippen LogP contribution in [0.2, 0.25) is 0 Å². The molecule has 1 saturated heterocycles. The lowest BCUT2D eigenvalue weighted by Crippen LogP contribution is -2.32. The first kappa shape index (κ1) is 16.7. The maximum Gasteiger partial charge on any atom is 0.305 e. The van der Waals surface area contributed by atoms with Crippen LogP contribution in [-0.4, -0.2) is 33.1 Å². The summed E-state index contributed by atoms with van der Waals surface area (Å²) in [5.41, 5.74) is 1.74. The molecule has 1 aromatic rings. The zero-order valence-corrected chi connectivity index (χ0v) is 14.0. The topological polar surface area (TPSA) is 82.3 Å². The minimum absolute atomic E-state index is 0.220. The fraction of sp³-hybridized carbons (Fsp3) is 0.412. The second kappa shape index (κ2) is 7.61. The van der Waals surface area contributed by atoms with Gasteiger partial charge in [0.2, 0.25) is 5.91 Å². The number of anilines is 1. The molecule has 1 aliphatic carbocycles. The van der Waals surface area contributed by atoms with Gasteiger partial charge < -0.3 is 5.11 Å². The number of carbonyl (C=O) groups excluding carboxylic acids is 1. The van der Waals surface area contributed by atoms with E-state index in [0.29, 0.717) is 10.9 Å². The molecule has 1 amide bonds. The second-order valence-electron chi connectivity index (χ2n) is 5.82. The molecule has 1 saturated carbocycles. The number of amides is 1. The predicted molar refractivity (Wildman–Crippen MR) is 95.5 cm³/mol. The van der Waals surface area contributed by atoms with E-state index >= 15 is 0 Å². The van der Waals surface area contributed by atoms with Crippen molar-refractivity contribution in [1.82, 2.24) is 0 Å². The van der Waals surface area contributed by atoms with Crippen molar-refractivity contribution in [3.63, 3.8) is 0 Å². The molecule has 2 fully saturated rings. The molecule has 7 heteroatoms. The monoisotopic (exact) mass is 345 g/mol. The first-order chi connectivity index (χ1) is 11.6. The minimum atomic E-state index is -0.992. The van der Waals surface area contributed by atoms with Crippen molar-refractivity contribution in [3.05, 3.63) is 30.3 Å². The highest BCUT2D eigenvalue weighted by Crippen LogP contribution is 2.33. The maximum atomic E-state index is 12.6. The number of benzene rings is 1. The summed E-state index contributed by atoms with van der Waals surface area (Å²) in [6.45, 7) is 0. The number of rotatable bonds is 4. The average Bonchev–Trinajstić information content (AvgIpc) is 2.90. The molecule has 0 unspecified atom stereocenters. The van der Waals surface area contributed by atoms with E-state index in [-0.39, 0.29) is 12.3 Å². The average molecular weight is 345 g/mol. The Morgan fingerprint density at radius 3 is 2.54 bits per heavy atom. The second-order valence-corrected chi connectivity index (χ2v) is 6.99. The molecule has 1 aliphatic heterocycles.